The van der Waals surface area contributed by atoms with Gasteiger partial charge in [0.05, 0.1) is 4.92 Å². The second-order valence-electron chi connectivity index (χ2n) is 5.86. The Labute approximate surface area is 184 Å². The first-order valence-corrected chi connectivity index (χ1v) is 9.24. The monoisotopic (exact) mass is 461 g/mol. The molecule has 3 rings (SSSR count). The van der Waals surface area contributed by atoms with Crippen molar-refractivity contribution in [1.82, 2.24) is 20.8 Å². The number of nitro groups is 1. The number of amides is 2. The number of hydrazine groups is 2. The summed E-state index contributed by atoms with van der Waals surface area (Å²) in [4.78, 5) is 42.7. The predicted octanol–water partition coefficient (Wildman–Crippen LogP) is 3.21. The van der Waals surface area contributed by atoms with Crippen LogP contribution in [0.2, 0.25) is 10.0 Å². The normalized spacial score (nSPS) is 10.1. The molecule has 4 N–H and O–H groups in total. The third-order valence-corrected chi connectivity index (χ3v) is 4.24. The van der Waals surface area contributed by atoms with Crippen molar-refractivity contribution in [1.29, 1.82) is 0 Å². The predicted molar refractivity (Wildman–Crippen MR) is 114 cm³/mol. The van der Waals surface area contributed by atoms with E-state index in [9.17, 15) is 19.7 Å². The topological polar surface area (TPSA) is 151 Å². The summed E-state index contributed by atoms with van der Waals surface area (Å²) in [6, 6.07) is 12.2. The van der Waals surface area contributed by atoms with Crippen LogP contribution in [0.25, 0.3) is 0 Å². The molecular formula is C18H13Cl2N7O4. The van der Waals surface area contributed by atoms with E-state index in [-0.39, 0.29) is 22.8 Å². The van der Waals surface area contributed by atoms with Crippen LogP contribution < -0.4 is 21.7 Å². The average molecular weight is 462 g/mol. The van der Waals surface area contributed by atoms with Crippen molar-refractivity contribution in [2.45, 2.75) is 0 Å². The van der Waals surface area contributed by atoms with Crippen LogP contribution >= 0.6 is 23.2 Å². The van der Waals surface area contributed by atoms with E-state index >= 15 is 0 Å². The van der Waals surface area contributed by atoms with E-state index in [1.807, 2.05) is 0 Å². The number of aromatic nitrogens is 2. The van der Waals surface area contributed by atoms with Gasteiger partial charge >= 0.3 is 5.69 Å². The molecule has 0 atom stereocenters. The Hall–Kier alpha value is -3.96. The Morgan fingerprint density at radius 3 is 1.68 bits per heavy atom. The van der Waals surface area contributed by atoms with E-state index in [0.717, 1.165) is 6.33 Å². The molecule has 0 unspecified atom stereocenters. The minimum Gasteiger partial charge on any atom is -0.276 e. The molecule has 0 bridgehead atoms. The summed E-state index contributed by atoms with van der Waals surface area (Å²) < 4.78 is 0. The van der Waals surface area contributed by atoms with Crippen molar-refractivity contribution < 1.29 is 14.5 Å². The second-order valence-corrected chi connectivity index (χ2v) is 6.73. The lowest BCUT2D eigenvalue weighted by Crippen LogP contribution is -2.32. The Morgan fingerprint density at radius 2 is 1.29 bits per heavy atom. The molecule has 0 saturated carbocycles. The van der Waals surface area contributed by atoms with Gasteiger partial charge in [-0.1, -0.05) is 35.3 Å². The molecule has 0 saturated heterocycles. The van der Waals surface area contributed by atoms with E-state index in [4.69, 9.17) is 23.2 Å². The molecule has 1 aromatic heterocycles. The summed E-state index contributed by atoms with van der Waals surface area (Å²) in [5.41, 5.74) is 9.17. The van der Waals surface area contributed by atoms with E-state index in [0.29, 0.717) is 10.0 Å². The standard InChI is InChI=1S/C18H13Cl2N7O4/c19-12-5-1-3-10(7-12)17(28)25-23-15-14(27(30)31)16(22-9-21-15)24-26-18(29)11-4-2-6-13(20)8-11/h1-9H,(H,25,28)(H,26,29)(H2,21,22,23,24). The van der Waals surface area contributed by atoms with Gasteiger partial charge < -0.3 is 0 Å². The number of hydrogen-bond donors (Lipinski definition) is 4. The molecule has 0 aliphatic rings. The molecule has 0 fully saturated rings. The van der Waals surface area contributed by atoms with Crippen molar-refractivity contribution in [2.24, 2.45) is 0 Å². The molecule has 31 heavy (non-hydrogen) atoms. The summed E-state index contributed by atoms with van der Waals surface area (Å²) in [5, 5.41) is 12.2. The van der Waals surface area contributed by atoms with Crippen LogP contribution in [0.4, 0.5) is 17.3 Å². The second kappa shape index (κ2) is 9.69. The Bertz CT molecular complexity index is 1080. The SMILES string of the molecule is O=C(NNc1ncnc(NNC(=O)c2cccc(Cl)c2)c1[N+](=O)[O-])c1cccc(Cl)c1. The van der Waals surface area contributed by atoms with Gasteiger partial charge in [-0.3, -0.25) is 41.4 Å². The minimum atomic E-state index is -0.776. The quantitative estimate of drug-likeness (QED) is 0.309. The van der Waals surface area contributed by atoms with Gasteiger partial charge in [0.15, 0.2) is 0 Å². The Balaban J connectivity index is 1.74. The molecule has 13 heteroatoms. The smallest absolute Gasteiger partial charge is 0.276 e. The fourth-order valence-electron chi connectivity index (χ4n) is 2.37. The largest absolute Gasteiger partial charge is 0.356 e. The minimum absolute atomic E-state index is 0.226. The maximum atomic E-state index is 12.2. The number of anilines is 2. The molecule has 0 radical (unpaired) electrons. The van der Waals surface area contributed by atoms with E-state index < -0.39 is 22.4 Å². The lowest BCUT2D eigenvalue weighted by molar-refractivity contribution is -0.383. The number of nitrogens with one attached hydrogen (secondary N) is 4. The fourth-order valence-corrected chi connectivity index (χ4v) is 2.75. The molecule has 3 aromatic rings. The Morgan fingerprint density at radius 1 is 0.839 bits per heavy atom. The highest BCUT2D eigenvalue weighted by Crippen LogP contribution is 2.28. The maximum Gasteiger partial charge on any atom is 0.356 e. The fraction of sp³-hybridized carbons (Fsp3) is 0. The number of carbonyl (C=O) groups is 2. The van der Waals surface area contributed by atoms with Crippen LogP contribution in [0.15, 0.2) is 54.9 Å². The lowest BCUT2D eigenvalue weighted by atomic mass is 10.2. The first kappa shape index (κ1) is 21.7. The highest BCUT2D eigenvalue weighted by Gasteiger charge is 2.24. The molecule has 0 aliphatic heterocycles. The van der Waals surface area contributed by atoms with Gasteiger partial charge in [-0.05, 0) is 36.4 Å². The van der Waals surface area contributed by atoms with E-state index in [1.165, 1.54) is 24.3 Å². The van der Waals surface area contributed by atoms with Crippen molar-refractivity contribution in [2.75, 3.05) is 10.9 Å². The zero-order valence-electron chi connectivity index (χ0n) is 15.4. The van der Waals surface area contributed by atoms with Gasteiger partial charge in [0, 0.05) is 21.2 Å². The van der Waals surface area contributed by atoms with Crippen molar-refractivity contribution >= 4 is 52.3 Å². The third-order valence-electron chi connectivity index (χ3n) is 3.77. The van der Waals surface area contributed by atoms with Crippen LogP contribution in [0.5, 0.6) is 0 Å². The maximum absolute atomic E-state index is 12.2. The summed E-state index contributed by atoms with van der Waals surface area (Å²) in [6.07, 6.45) is 1.01. The van der Waals surface area contributed by atoms with Gasteiger partial charge in [0.2, 0.25) is 11.6 Å². The molecule has 158 valence electrons. The zero-order chi connectivity index (χ0) is 22.4. The average Bonchev–Trinajstić information content (AvgIpc) is 2.75. The number of carbonyl (C=O) groups excluding carboxylic acids is 2. The number of halogens is 2. The number of nitrogens with zero attached hydrogens (tertiary/aromatic N) is 3. The summed E-state index contributed by atoms with van der Waals surface area (Å²) >= 11 is 11.7. The number of benzene rings is 2. The number of hydrogen-bond acceptors (Lipinski definition) is 8. The van der Waals surface area contributed by atoms with Gasteiger partial charge in [-0.2, -0.15) is 0 Å². The number of rotatable bonds is 7. The highest BCUT2D eigenvalue weighted by atomic mass is 35.5. The first-order chi connectivity index (χ1) is 14.8. The summed E-state index contributed by atoms with van der Waals surface area (Å²) in [5.74, 6) is -1.82. The molecule has 2 amide bonds. The van der Waals surface area contributed by atoms with Crippen LogP contribution in [0.3, 0.4) is 0 Å². The molecule has 2 aromatic carbocycles. The van der Waals surface area contributed by atoms with Crippen LogP contribution in [0, 0.1) is 10.1 Å². The Kier molecular flexibility index (Phi) is 6.80. The third kappa shape index (κ3) is 5.56. The molecule has 1 heterocycles. The lowest BCUT2D eigenvalue weighted by Gasteiger charge is -2.11. The van der Waals surface area contributed by atoms with Crippen LogP contribution in [0.1, 0.15) is 20.7 Å². The summed E-state index contributed by atoms with van der Waals surface area (Å²) in [7, 11) is 0. The molecule has 0 spiro atoms. The van der Waals surface area contributed by atoms with E-state index in [1.54, 1.807) is 24.3 Å². The molecular weight excluding hydrogens is 449 g/mol. The van der Waals surface area contributed by atoms with Crippen LogP contribution in [-0.2, 0) is 0 Å². The van der Waals surface area contributed by atoms with Gasteiger partial charge in [-0.15, -0.1) is 0 Å². The van der Waals surface area contributed by atoms with Crippen LogP contribution in [-0.4, -0.2) is 26.7 Å². The van der Waals surface area contributed by atoms with E-state index in [2.05, 4.69) is 31.7 Å². The van der Waals surface area contributed by atoms with Crippen molar-refractivity contribution in [3.63, 3.8) is 0 Å². The van der Waals surface area contributed by atoms with Gasteiger partial charge in [-0.25, -0.2) is 9.97 Å². The molecule has 0 aliphatic carbocycles. The highest BCUT2D eigenvalue weighted by molar-refractivity contribution is 6.31. The van der Waals surface area contributed by atoms with Gasteiger partial charge in [0.25, 0.3) is 11.8 Å². The van der Waals surface area contributed by atoms with Crippen molar-refractivity contribution in [3.05, 3.63) is 86.1 Å². The molecule has 11 nitrogen and oxygen atoms in total. The van der Waals surface area contributed by atoms with Gasteiger partial charge in [0.1, 0.15) is 6.33 Å². The summed E-state index contributed by atoms with van der Waals surface area (Å²) in [6.45, 7) is 0. The zero-order valence-corrected chi connectivity index (χ0v) is 16.9. The van der Waals surface area contributed by atoms with Crippen molar-refractivity contribution in [3.8, 4) is 0 Å². The first-order valence-electron chi connectivity index (χ1n) is 8.48.